The number of anilines is 2. The largest absolute Gasteiger partial charge is 0.496 e. The molecule has 0 unspecified atom stereocenters. The zero-order valence-corrected chi connectivity index (χ0v) is 11.1. The van der Waals surface area contributed by atoms with Crippen LogP contribution >= 0.6 is 0 Å². The van der Waals surface area contributed by atoms with Crippen LogP contribution in [-0.2, 0) is 7.05 Å². The Balaban J connectivity index is 2.29. The summed E-state index contributed by atoms with van der Waals surface area (Å²) in [7, 11) is 3.31. The Hall–Kier alpha value is -2.50. The molecule has 1 heterocycles. The summed E-state index contributed by atoms with van der Waals surface area (Å²) in [5.41, 5.74) is 8.01. The highest BCUT2D eigenvalue weighted by molar-refractivity contribution is 6.06. The summed E-state index contributed by atoms with van der Waals surface area (Å²) in [6, 6.07) is 4.94. The van der Waals surface area contributed by atoms with Gasteiger partial charge >= 0.3 is 0 Å². The molecule has 0 saturated heterocycles. The third-order valence-corrected chi connectivity index (χ3v) is 2.73. The van der Waals surface area contributed by atoms with Crippen molar-refractivity contribution < 1.29 is 9.53 Å². The van der Waals surface area contributed by atoms with Crippen molar-refractivity contribution in [3.63, 3.8) is 0 Å². The SMILES string of the molecule is COc1ccc(N)cc1C(=O)Nc1cn(C)nc1C. The van der Waals surface area contributed by atoms with E-state index in [0.29, 0.717) is 22.7 Å². The van der Waals surface area contributed by atoms with Crippen molar-refractivity contribution in [3.8, 4) is 5.75 Å². The maximum atomic E-state index is 12.2. The second-order valence-corrected chi connectivity index (χ2v) is 4.22. The maximum Gasteiger partial charge on any atom is 0.259 e. The van der Waals surface area contributed by atoms with Crippen LogP contribution in [0.4, 0.5) is 11.4 Å². The smallest absolute Gasteiger partial charge is 0.259 e. The minimum Gasteiger partial charge on any atom is -0.496 e. The molecule has 100 valence electrons. The molecule has 0 atom stereocenters. The molecule has 0 bridgehead atoms. The Labute approximate surface area is 111 Å². The van der Waals surface area contributed by atoms with E-state index in [4.69, 9.17) is 10.5 Å². The summed E-state index contributed by atoms with van der Waals surface area (Å²) in [6.07, 6.45) is 1.74. The number of nitrogen functional groups attached to an aromatic ring is 1. The van der Waals surface area contributed by atoms with E-state index in [1.54, 1.807) is 36.1 Å². The van der Waals surface area contributed by atoms with Crippen molar-refractivity contribution in [2.45, 2.75) is 6.92 Å². The predicted molar refractivity (Wildman–Crippen MR) is 73.3 cm³/mol. The van der Waals surface area contributed by atoms with Crippen molar-refractivity contribution in [1.82, 2.24) is 9.78 Å². The van der Waals surface area contributed by atoms with Gasteiger partial charge in [0.1, 0.15) is 5.75 Å². The minimum absolute atomic E-state index is 0.278. The molecule has 0 radical (unpaired) electrons. The van der Waals surface area contributed by atoms with Crippen molar-refractivity contribution in [1.29, 1.82) is 0 Å². The number of ether oxygens (including phenoxy) is 1. The van der Waals surface area contributed by atoms with Gasteiger partial charge in [0.15, 0.2) is 0 Å². The van der Waals surface area contributed by atoms with Crippen LogP contribution in [-0.4, -0.2) is 22.8 Å². The van der Waals surface area contributed by atoms with Gasteiger partial charge in [-0.15, -0.1) is 0 Å². The Kier molecular flexibility index (Phi) is 3.41. The van der Waals surface area contributed by atoms with Crippen LogP contribution in [0.15, 0.2) is 24.4 Å². The Morgan fingerprint density at radius 2 is 2.21 bits per heavy atom. The van der Waals surface area contributed by atoms with Gasteiger partial charge in [-0.3, -0.25) is 9.48 Å². The number of carbonyl (C=O) groups is 1. The third kappa shape index (κ3) is 2.67. The van der Waals surface area contributed by atoms with Gasteiger partial charge < -0.3 is 15.8 Å². The van der Waals surface area contributed by atoms with Gasteiger partial charge in [-0.2, -0.15) is 5.10 Å². The molecule has 0 aliphatic rings. The number of aryl methyl sites for hydroxylation is 2. The van der Waals surface area contributed by atoms with Gasteiger partial charge in [-0.25, -0.2) is 0 Å². The zero-order chi connectivity index (χ0) is 14.0. The number of aromatic nitrogens is 2. The molecule has 19 heavy (non-hydrogen) atoms. The topological polar surface area (TPSA) is 82.2 Å². The highest BCUT2D eigenvalue weighted by Gasteiger charge is 2.14. The van der Waals surface area contributed by atoms with Crippen LogP contribution in [0.3, 0.4) is 0 Å². The van der Waals surface area contributed by atoms with E-state index in [-0.39, 0.29) is 5.91 Å². The molecule has 0 saturated carbocycles. The predicted octanol–water partition coefficient (Wildman–Crippen LogP) is 1.57. The number of methoxy groups -OCH3 is 1. The van der Waals surface area contributed by atoms with Gasteiger partial charge in [0.05, 0.1) is 24.1 Å². The van der Waals surface area contributed by atoms with Gasteiger partial charge in [0.25, 0.3) is 5.91 Å². The Morgan fingerprint density at radius 1 is 1.47 bits per heavy atom. The van der Waals surface area contributed by atoms with Crippen molar-refractivity contribution in [3.05, 3.63) is 35.7 Å². The van der Waals surface area contributed by atoms with Gasteiger partial charge in [-0.1, -0.05) is 0 Å². The second kappa shape index (κ2) is 5.01. The molecule has 6 nitrogen and oxygen atoms in total. The molecule has 6 heteroatoms. The van der Waals surface area contributed by atoms with E-state index in [1.165, 1.54) is 7.11 Å². The summed E-state index contributed by atoms with van der Waals surface area (Å²) < 4.78 is 6.80. The molecule has 1 aromatic heterocycles. The highest BCUT2D eigenvalue weighted by Crippen LogP contribution is 2.23. The lowest BCUT2D eigenvalue weighted by Crippen LogP contribution is -2.13. The molecule has 2 rings (SSSR count). The number of hydrogen-bond acceptors (Lipinski definition) is 4. The van der Waals surface area contributed by atoms with E-state index < -0.39 is 0 Å². The number of benzene rings is 1. The number of amides is 1. The molecule has 1 aromatic carbocycles. The zero-order valence-electron chi connectivity index (χ0n) is 11.1. The van der Waals surface area contributed by atoms with Crippen molar-refractivity contribution in [2.75, 3.05) is 18.2 Å². The molecule has 0 aliphatic carbocycles. The first-order chi connectivity index (χ1) is 9.01. The second-order valence-electron chi connectivity index (χ2n) is 4.22. The maximum absolute atomic E-state index is 12.2. The first kappa shape index (κ1) is 12.9. The van der Waals surface area contributed by atoms with E-state index in [0.717, 1.165) is 5.69 Å². The normalized spacial score (nSPS) is 10.3. The molecule has 0 spiro atoms. The molecule has 3 N–H and O–H groups in total. The number of nitrogens with two attached hydrogens (primary N) is 1. The number of nitrogens with zero attached hydrogens (tertiary/aromatic N) is 2. The lowest BCUT2D eigenvalue weighted by molar-refractivity contribution is 0.102. The third-order valence-electron chi connectivity index (χ3n) is 2.73. The van der Waals surface area contributed by atoms with Gasteiger partial charge in [0.2, 0.25) is 0 Å². The molecule has 0 fully saturated rings. The molecule has 0 aliphatic heterocycles. The fourth-order valence-corrected chi connectivity index (χ4v) is 1.82. The summed E-state index contributed by atoms with van der Waals surface area (Å²) in [4.78, 5) is 12.2. The Bertz CT molecular complexity index is 619. The molecule has 1 amide bonds. The van der Waals surface area contributed by atoms with E-state index in [1.807, 2.05) is 6.92 Å². The average molecular weight is 260 g/mol. The summed E-state index contributed by atoms with van der Waals surface area (Å²) in [6.45, 7) is 1.83. The van der Waals surface area contributed by atoms with Crippen LogP contribution < -0.4 is 15.8 Å². The van der Waals surface area contributed by atoms with Gasteiger partial charge in [-0.05, 0) is 25.1 Å². The van der Waals surface area contributed by atoms with E-state index in [2.05, 4.69) is 10.4 Å². The quantitative estimate of drug-likeness (QED) is 0.821. The Morgan fingerprint density at radius 3 is 2.79 bits per heavy atom. The van der Waals surface area contributed by atoms with Crippen LogP contribution in [0.25, 0.3) is 0 Å². The first-order valence-electron chi connectivity index (χ1n) is 5.76. The molecular formula is C13H16N4O2. The van der Waals surface area contributed by atoms with Crippen LogP contribution in [0, 0.1) is 6.92 Å². The fraction of sp³-hybridized carbons (Fsp3) is 0.231. The molecule has 2 aromatic rings. The van der Waals surface area contributed by atoms with Crippen molar-refractivity contribution in [2.24, 2.45) is 7.05 Å². The van der Waals surface area contributed by atoms with E-state index in [9.17, 15) is 4.79 Å². The number of hydrogen-bond donors (Lipinski definition) is 2. The van der Waals surface area contributed by atoms with E-state index >= 15 is 0 Å². The average Bonchev–Trinajstić information content (AvgIpc) is 2.67. The number of nitrogens with one attached hydrogen (secondary N) is 1. The van der Waals surface area contributed by atoms with Crippen LogP contribution in [0.1, 0.15) is 16.1 Å². The molecular weight excluding hydrogens is 244 g/mol. The van der Waals surface area contributed by atoms with Crippen LogP contribution in [0.5, 0.6) is 5.75 Å². The number of carbonyl (C=O) groups excluding carboxylic acids is 1. The summed E-state index contributed by atoms with van der Waals surface area (Å²) in [5.74, 6) is 0.202. The summed E-state index contributed by atoms with van der Waals surface area (Å²) in [5, 5.41) is 6.96. The highest BCUT2D eigenvalue weighted by atomic mass is 16.5. The number of rotatable bonds is 3. The summed E-state index contributed by atoms with van der Waals surface area (Å²) >= 11 is 0. The van der Waals surface area contributed by atoms with Crippen molar-refractivity contribution >= 4 is 17.3 Å². The monoisotopic (exact) mass is 260 g/mol. The fourth-order valence-electron chi connectivity index (χ4n) is 1.82. The standard InChI is InChI=1S/C13H16N4O2/c1-8-11(7-17(2)16-8)15-13(18)10-6-9(14)4-5-12(10)19-3/h4-7H,14H2,1-3H3,(H,15,18). The van der Waals surface area contributed by atoms with Crippen LogP contribution in [0.2, 0.25) is 0 Å². The lowest BCUT2D eigenvalue weighted by Gasteiger charge is -2.09. The minimum atomic E-state index is -0.278. The first-order valence-corrected chi connectivity index (χ1v) is 5.76. The lowest BCUT2D eigenvalue weighted by atomic mass is 10.1. The van der Waals surface area contributed by atoms with Gasteiger partial charge in [0, 0.05) is 18.9 Å².